The predicted octanol–water partition coefficient (Wildman–Crippen LogP) is 2.49. The number of ether oxygens (including phenoxy) is 2. The van der Waals surface area contributed by atoms with Crippen molar-refractivity contribution in [2.24, 2.45) is 0 Å². The van der Waals surface area contributed by atoms with Gasteiger partial charge in [0.2, 0.25) is 6.04 Å². The van der Waals surface area contributed by atoms with Crippen LogP contribution in [0.3, 0.4) is 0 Å². The molecule has 0 amide bonds. The van der Waals surface area contributed by atoms with Crippen LogP contribution in [0.4, 0.5) is 5.69 Å². The van der Waals surface area contributed by atoms with Gasteiger partial charge in [-0.15, -0.1) is 0 Å². The highest BCUT2D eigenvalue weighted by molar-refractivity contribution is 6.02. The molecule has 6 heteroatoms. The number of benzene rings is 1. The zero-order valence-electron chi connectivity index (χ0n) is 14.1. The smallest absolute Gasteiger partial charge is 0.340 e. The minimum absolute atomic E-state index is 0.349. The van der Waals surface area contributed by atoms with Crippen molar-refractivity contribution in [2.75, 3.05) is 5.32 Å². The molecule has 0 radical (unpaired) electrons. The molecule has 0 saturated carbocycles. The molecule has 0 spiro atoms. The maximum atomic E-state index is 12.1. The summed E-state index contributed by atoms with van der Waals surface area (Å²) in [6.07, 6.45) is 0.0482. The van der Waals surface area contributed by atoms with Crippen molar-refractivity contribution in [3.63, 3.8) is 0 Å². The molecule has 0 aliphatic rings. The second kappa shape index (κ2) is 8.31. The molecule has 0 saturated heterocycles. The van der Waals surface area contributed by atoms with E-state index in [0.29, 0.717) is 11.3 Å². The van der Waals surface area contributed by atoms with E-state index in [9.17, 15) is 14.4 Å². The third-order valence-electron chi connectivity index (χ3n) is 2.88. The number of hydrogen-bond acceptors (Lipinski definition) is 6. The van der Waals surface area contributed by atoms with Gasteiger partial charge in [-0.05, 0) is 58.4 Å². The Morgan fingerprint density at radius 3 is 1.96 bits per heavy atom. The largest absolute Gasteiger partial charge is 0.461 e. The Hall–Kier alpha value is -2.37. The molecule has 23 heavy (non-hydrogen) atoms. The van der Waals surface area contributed by atoms with Crippen LogP contribution in [0.2, 0.25) is 0 Å². The fourth-order valence-electron chi connectivity index (χ4n) is 1.88. The van der Waals surface area contributed by atoms with Crippen molar-refractivity contribution in [3.05, 3.63) is 29.3 Å². The first-order valence-electron chi connectivity index (χ1n) is 7.48. The van der Waals surface area contributed by atoms with Gasteiger partial charge in [-0.3, -0.25) is 4.79 Å². The normalized spacial score (nSPS) is 10.8. The summed E-state index contributed by atoms with van der Waals surface area (Å²) in [7, 11) is 0. The fourth-order valence-corrected chi connectivity index (χ4v) is 1.88. The summed E-state index contributed by atoms with van der Waals surface area (Å²) >= 11 is 0. The standard InChI is InChI=1S/C17H23NO5/c1-10(2)22-16(20)15(17(21)23-11(3)4)18-14-7-6-13(9-19)12(5)8-14/h6-11,15,18H,1-5H3. The summed E-state index contributed by atoms with van der Waals surface area (Å²) < 4.78 is 10.2. The van der Waals surface area contributed by atoms with Crippen molar-refractivity contribution >= 4 is 23.9 Å². The molecular weight excluding hydrogens is 298 g/mol. The van der Waals surface area contributed by atoms with Crippen LogP contribution >= 0.6 is 0 Å². The summed E-state index contributed by atoms with van der Waals surface area (Å²) in [5.41, 5.74) is 1.80. The van der Waals surface area contributed by atoms with Crippen LogP contribution in [0.5, 0.6) is 0 Å². The minimum atomic E-state index is -1.26. The molecule has 1 aromatic carbocycles. The van der Waals surface area contributed by atoms with Gasteiger partial charge in [0, 0.05) is 11.3 Å². The van der Waals surface area contributed by atoms with Gasteiger partial charge in [0.1, 0.15) is 6.29 Å². The van der Waals surface area contributed by atoms with Gasteiger partial charge >= 0.3 is 11.9 Å². The van der Waals surface area contributed by atoms with E-state index in [4.69, 9.17) is 9.47 Å². The summed E-state index contributed by atoms with van der Waals surface area (Å²) in [5.74, 6) is -1.41. The lowest BCUT2D eigenvalue weighted by molar-refractivity contribution is -0.160. The van der Waals surface area contributed by atoms with Gasteiger partial charge in [-0.1, -0.05) is 0 Å². The highest BCUT2D eigenvalue weighted by Gasteiger charge is 2.31. The van der Waals surface area contributed by atoms with E-state index in [2.05, 4.69) is 5.32 Å². The van der Waals surface area contributed by atoms with E-state index in [-0.39, 0.29) is 12.2 Å². The number of aryl methyl sites for hydroxylation is 1. The van der Waals surface area contributed by atoms with E-state index in [0.717, 1.165) is 11.8 Å². The molecule has 0 atom stereocenters. The lowest BCUT2D eigenvalue weighted by Gasteiger charge is -2.20. The second-order valence-corrected chi connectivity index (χ2v) is 5.74. The van der Waals surface area contributed by atoms with E-state index in [1.165, 1.54) is 0 Å². The number of rotatable bonds is 7. The number of anilines is 1. The second-order valence-electron chi connectivity index (χ2n) is 5.74. The Kier molecular flexibility index (Phi) is 6.75. The molecule has 1 aromatic rings. The number of nitrogens with one attached hydrogen (secondary N) is 1. The van der Waals surface area contributed by atoms with E-state index in [1.807, 2.05) is 0 Å². The molecule has 0 aliphatic carbocycles. The third kappa shape index (κ3) is 5.73. The van der Waals surface area contributed by atoms with Crippen LogP contribution in [-0.2, 0) is 19.1 Å². The Labute approximate surface area is 136 Å². The molecule has 0 aliphatic heterocycles. The zero-order chi connectivity index (χ0) is 17.6. The molecule has 0 aromatic heterocycles. The van der Waals surface area contributed by atoms with Crippen molar-refractivity contribution in [1.29, 1.82) is 0 Å². The van der Waals surface area contributed by atoms with Gasteiger partial charge in [-0.25, -0.2) is 9.59 Å². The molecule has 126 valence electrons. The van der Waals surface area contributed by atoms with Gasteiger partial charge in [0.25, 0.3) is 0 Å². The number of aldehydes is 1. The quantitative estimate of drug-likeness (QED) is 0.472. The first-order chi connectivity index (χ1) is 10.7. The van der Waals surface area contributed by atoms with Gasteiger partial charge < -0.3 is 14.8 Å². The number of hydrogen-bond donors (Lipinski definition) is 1. The van der Waals surface area contributed by atoms with Crippen molar-refractivity contribution in [2.45, 2.75) is 52.9 Å². The average molecular weight is 321 g/mol. The van der Waals surface area contributed by atoms with E-state index in [1.54, 1.807) is 52.8 Å². The van der Waals surface area contributed by atoms with Gasteiger partial charge in [0.15, 0.2) is 0 Å². The third-order valence-corrected chi connectivity index (χ3v) is 2.88. The van der Waals surface area contributed by atoms with Crippen LogP contribution in [-0.4, -0.2) is 36.5 Å². The maximum Gasteiger partial charge on any atom is 0.340 e. The van der Waals surface area contributed by atoms with Crippen LogP contribution in [0.15, 0.2) is 18.2 Å². The summed E-state index contributed by atoms with van der Waals surface area (Å²) in [6.45, 7) is 8.57. The van der Waals surface area contributed by atoms with Crippen LogP contribution in [0.1, 0.15) is 43.6 Å². The molecule has 0 unspecified atom stereocenters. The van der Waals surface area contributed by atoms with Crippen molar-refractivity contribution in [3.8, 4) is 0 Å². The van der Waals surface area contributed by atoms with Crippen molar-refractivity contribution < 1.29 is 23.9 Å². The zero-order valence-corrected chi connectivity index (χ0v) is 14.1. The van der Waals surface area contributed by atoms with E-state index < -0.39 is 18.0 Å². The summed E-state index contributed by atoms with van der Waals surface area (Å²) in [5, 5.41) is 2.82. The minimum Gasteiger partial charge on any atom is -0.461 e. The number of esters is 2. The fraction of sp³-hybridized carbons (Fsp3) is 0.471. The van der Waals surface area contributed by atoms with Crippen LogP contribution in [0.25, 0.3) is 0 Å². The monoisotopic (exact) mass is 321 g/mol. The summed E-state index contributed by atoms with van der Waals surface area (Å²) in [4.78, 5) is 35.1. The summed E-state index contributed by atoms with van der Waals surface area (Å²) in [6, 6.07) is 3.65. The Morgan fingerprint density at radius 2 is 1.57 bits per heavy atom. The lowest BCUT2D eigenvalue weighted by atomic mass is 10.1. The molecule has 0 fully saturated rings. The molecular formula is C17H23NO5. The molecule has 6 nitrogen and oxygen atoms in total. The molecule has 1 rings (SSSR count). The van der Waals surface area contributed by atoms with E-state index >= 15 is 0 Å². The van der Waals surface area contributed by atoms with Gasteiger partial charge in [-0.2, -0.15) is 0 Å². The molecule has 0 heterocycles. The first-order valence-corrected chi connectivity index (χ1v) is 7.48. The average Bonchev–Trinajstić information content (AvgIpc) is 2.43. The topological polar surface area (TPSA) is 81.7 Å². The predicted molar refractivity (Wildman–Crippen MR) is 86.4 cm³/mol. The van der Waals surface area contributed by atoms with Gasteiger partial charge in [0.05, 0.1) is 12.2 Å². The number of carbonyl (C=O) groups is 3. The highest BCUT2D eigenvalue weighted by atomic mass is 16.6. The molecule has 1 N–H and O–H groups in total. The lowest BCUT2D eigenvalue weighted by Crippen LogP contribution is -2.42. The Bertz CT molecular complexity index is 558. The Balaban J connectivity index is 2.99. The number of carbonyl (C=O) groups excluding carboxylic acids is 3. The molecule has 0 bridgehead atoms. The van der Waals surface area contributed by atoms with Crippen molar-refractivity contribution in [1.82, 2.24) is 0 Å². The first kappa shape index (κ1) is 18.7. The maximum absolute atomic E-state index is 12.1. The van der Waals surface area contributed by atoms with Crippen LogP contribution < -0.4 is 5.32 Å². The SMILES string of the molecule is Cc1cc(NC(C(=O)OC(C)C)C(=O)OC(C)C)ccc1C=O. The highest BCUT2D eigenvalue weighted by Crippen LogP contribution is 2.16. The Morgan fingerprint density at radius 1 is 1.04 bits per heavy atom. The van der Waals surface area contributed by atoms with Crippen LogP contribution in [0, 0.1) is 6.92 Å².